The van der Waals surface area contributed by atoms with Crippen LogP contribution in [0.25, 0.3) is 6.08 Å². The minimum atomic E-state index is 0.0100. The molecule has 2 aromatic carbocycles. The number of ether oxygens (including phenoxy) is 1. The summed E-state index contributed by atoms with van der Waals surface area (Å²) in [6.07, 6.45) is 4.49. The molecule has 0 aromatic heterocycles. The van der Waals surface area contributed by atoms with Crippen LogP contribution in [-0.2, 0) is 4.79 Å². The highest BCUT2D eigenvalue weighted by atomic mass is 32.2. The lowest BCUT2D eigenvalue weighted by Gasteiger charge is -2.17. The van der Waals surface area contributed by atoms with Gasteiger partial charge in [0.2, 0.25) is 0 Å². The fourth-order valence-corrected chi connectivity index (χ4v) is 4.73. The highest BCUT2D eigenvalue weighted by molar-refractivity contribution is 8.18. The summed E-state index contributed by atoms with van der Waals surface area (Å²) in [5.41, 5.74) is 3.10. The van der Waals surface area contributed by atoms with E-state index in [-0.39, 0.29) is 5.91 Å². The topological polar surface area (TPSA) is 45.1 Å². The first-order valence-electron chi connectivity index (χ1n) is 10.6. The Hall–Kier alpha value is -2.73. The molecule has 0 spiro atoms. The van der Waals surface area contributed by atoms with E-state index in [0.717, 1.165) is 30.1 Å². The fraction of sp³-hybridized carbons (Fsp3) is 0.333. The Morgan fingerprint density at radius 3 is 2.37 bits per heavy atom. The number of aliphatic imine (C=N–C) groups is 1. The highest BCUT2D eigenvalue weighted by Crippen LogP contribution is 2.34. The molecule has 2 aliphatic rings. The molecule has 0 aliphatic carbocycles. The van der Waals surface area contributed by atoms with Gasteiger partial charge in [-0.25, -0.2) is 4.99 Å². The number of anilines is 1. The molecule has 0 unspecified atom stereocenters. The Labute approximate surface area is 182 Å². The number of amides is 1. The Balaban J connectivity index is 1.52. The number of likely N-dealkylation sites (N-methyl/N-ethyl adjacent to an activating group) is 1. The molecule has 1 amide bonds. The molecule has 2 fully saturated rings. The second kappa shape index (κ2) is 9.39. The third kappa shape index (κ3) is 4.54. The maximum absolute atomic E-state index is 12.9. The van der Waals surface area contributed by atoms with Gasteiger partial charge in [0.25, 0.3) is 5.91 Å². The Morgan fingerprint density at radius 2 is 1.73 bits per heavy atom. The zero-order valence-electron chi connectivity index (χ0n) is 17.5. The number of nitrogens with zero attached hydrogens (tertiary/aromatic N) is 3. The Kier molecular flexibility index (Phi) is 6.43. The number of rotatable bonds is 6. The van der Waals surface area contributed by atoms with Crippen LogP contribution in [0.5, 0.6) is 5.75 Å². The van der Waals surface area contributed by atoms with Gasteiger partial charge in [-0.05, 0) is 86.5 Å². The van der Waals surface area contributed by atoms with Gasteiger partial charge in [0.15, 0.2) is 5.17 Å². The van der Waals surface area contributed by atoms with Gasteiger partial charge in [-0.1, -0.05) is 12.1 Å². The van der Waals surface area contributed by atoms with E-state index in [9.17, 15) is 4.79 Å². The summed E-state index contributed by atoms with van der Waals surface area (Å²) in [5.74, 6) is 0.831. The summed E-state index contributed by atoms with van der Waals surface area (Å²) < 4.78 is 5.48. The molecule has 0 saturated carbocycles. The van der Waals surface area contributed by atoms with Crippen molar-refractivity contribution in [3.05, 3.63) is 59.0 Å². The quantitative estimate of drug-likeness (QED) is 0.593. The maximum atomic E-state index is 12.9. The molecule has 2 saturated heterocycles. The monoisotopic (exact) mass is 421 g/mol. The van der Waals surface area contributed by atoms with Gasteiger partial charge < -0.3 is 9.64 Å². The van der Waals surface area contributed by atoms with E-state index in [4.69, 9.17) is 9.73 Å². The average molecular weight is 422 g/mol. The standard InChI is InChI=1S/C24H27N3O2S/c1-3-27-23(28)22(17-18-7-11-20(12-8-18)26-15-5-6-16-26)30-24(27)25-19-9-13-21(14-10-19)29-4-2/h7-14,17H,3-6,15-16H2,1-2H3/b22-17-,25-24?. The van der Waals surface area contributed by atoms with Gasteiger partial charge in [0.05, 0.1) is 17.2 Å². The van der Waals surface area contributed by atoms with Crippen LogP contribution in [0.2, 0.25) is 0 Å². The molecule has 30 heavy (non-hydrogen) atoms. The molecule has 0 atom stereocenters. The third-order valence-corrected chi connectivity index (χ3v) is 6.25. The summed E-state index contributed by atoms with van der Waals surface area (Å²) in [7, 11) is 0. The van der Waals surface area contributed by atoms with Crippen LogP contribution in [0.15, 0.2) is 58.4 Å². The Morgan fingerprint density at radius 1 is 1.03 bits per heavy atom. The molecule has 0 radical (unpaired) electrons. The second-order valence-corrected chi connectivity index (χ2v) is 8.28. The molecule has 0 bridgehead atoms. The zero-order chi connectivity index (χ0) is 20.9. The average Bonchev–Trinajstić information content (AvgIpc) is 3.39. The summed E-state index contributed by atoms with van der Waals surface area (Å²) >= 11 is 1.43. The number of hydrogen-bond donors (Lipinski definition) is 0. The van der Waals surface area contributed by atoms with E-state index in [1.807, 2.05) is 44.2 Å². The van der Waals surface area contributed by atoms with Gasteiger partial charge in [0.1, 0.15) is 5.75 Å². The van der Waals surface area contributed by atoms with E-state index in [0.29, 0.717) is 23.2 Å². The van der Waals surface area contributed by atoms with Crippen molar-refractivity contribution in [1.82, 2.24) is 4.90 Å². The van der Waals surface area contributed by atoms with Crippen LogP contribution < -0.4 is 9.64 Å². The lowest BCUT2D eigenvalue weighted by Crippen LogP contribution is -2.28. The van der Waals surface area contributed by atoms with Gasteiger partial charge in [-0.2, -0.15) is 0 Å². The number of benzene rings is 2. The largest absolute Gasteiger partial charge is 0.494 e. The van der Waals surface area contributed by atoms with E-state index >= 15 is 0 Å². The molecule has 5 nitrogen and oxygen atoms in total. The van der Waals surface area contributed by atoms with Crippen molar-refractivity contribution in [3.8, 4) is 5.75 Å². The van der Waals surface area contributed by atoms with Crippen molar-refractivity contribution in [1.29, 1.82) is 0 Å². The first-order chi connectivity index (χ1) is 14.7. The van der Waals surface area contributed by atoms with Crippen molar-refractivity contribution >= 4 is 40.3 Å². The van der Waals surface area contributed by atoms with E-state index in [1.165, 1.54) is 30.3 Å². The van der Waals surface area contributed by atoms with Crippen molar-refractivity contribution in [2.45, 2.75) is 26.7 Å². The summed E-state index contributed by atoms with van der Waals surface area (Å²) in [6.45, 7) is 7.42. The van der Waals surface area contributed by atoms with Gasteiger partial charge >= 0.3 is 0 Å². The summed E-state index contributed by atoms with van der Waals surface area (Å²) in [5, 5.41) is 0.714. The predicted molar refractivity (Wildman–Crippen MR) is 126 cm³/mol. The zero-order valence-corrected chi connectivity index (χ0v) is 18.3. The van der Waals surface area contributed by atoms with Crippen LogP contribution in [0.4, 0.5) is 11.4 Å². The van der Waals surface area contributed by atoms with Crippen molar-refractivity contribution in [3.63, 3.8) is 0 Å². The van der Waals surface area contributed by atoms with Crippen molar-refractivity contribution in [2.75, 3.05) is 31.1 Å². The van der Waals surface area contributed by atoms with Gasteiger partial charge in [-0.15, -0.1) is 0 Å². The fourth-order valence-electron chi connectivity index (χ4n) is 3.67. The smallest absolute Gasteiger partial charge is 0.266 e. The molecule has 156 valence electrons. The third-order valence-electron chi connectivity index (χ3n) is 5.24. The lowest BCUT2D eigenvalue weighted by molar-refractivity contribution is -0.122. The Bertz CT molecular complexity index is 945. The molecular weight excluding hydrogens is 394 g/mol. The molecule has 2 heterocycles. The minimum Gasteiger partial charge on any atom is -0.494 e. The minimum absolute atomic E-state index is 0.0100. The number of hydrogen-bond acceptors (Lipinski definition) is 5. The summed E-state index contributed by atoms with van der Waals surface area (Å²) in [6, 6.07) is 16.1. The van der Waals surface area contributed by atoms with Crippen LogP contribution >= 0.6 is 11.8 Å². The molecule has 6 heteroatoms. The van der Waals surface area contributed by atoms with E-state index < -0.39 is 0 Å². The highest BCUT2D eigenvalue weighted by Gasteiger charge is 2.32. The van der Waals surface area contributed by atoms with Crippen LogP contribution in [-0.4, -0.2) is 42.2 Å². The van der Waals surface area contributed by atoms with Gasteiger partial charge in [0, 0.05) is 25.3 Å². The number of amidine groups is 1. The predicted octanol–water partition coefficient (Wildman–Crippen LogP) is 5.31. The first kappa shape index (κ1) is 20.5. The second-order valence-electron chi connectivity index (χ2n) is 7.27. The van der Waals surface area contributed by atoms with Crippen LogP contribution in [0.3, 0.4) is 0 Å². The molecule has 2 aliphatic heterocycles. The van der Waals surface area contributed by atoms with Gasteiger partial charge in [-0.3, -0.25) is 9.69 Å². The molecule has 2 aromatic rings. The van der Waals surface area contributed by atoms with E-state index in [2.05, 4.69) is 29.2 Å². The van der Waals surface area contributed by atoms with Crippen LogP contribution in [0, 0.1) is 0 Å². The van der Waals surface area contributed by atoms with Crippen LogP contribution in [0.1, 0.15) is 32.3 Å². The molecular formula is C24H27N3O2S. The summed E-state index contributed by atoms with van der Waals surface area (Å²) in [4.78, 5) is 22.4. The normalized spacial score (nSPS) is 19.3. The number of carbonyl (C=O) groups is 1. The molecule has 4 rings (SSSR count). The lowest BCUT2D eigenvalue weighted by atomic mass is 10.2. The maximum Gasteiger partial charge on any atom is 0.266 e. The SMILES string of the molecule is CCOc1ccc(N=C2S/C(=C\c3ccc(N4CCCC4)cc3)C(=O)N2CC)cc1. The molecule has 0 N–H and O–H groups in total. The van der Waals surface area contributed by atoms with E-state index in [1.54, 1.807) is 4.90 Å². The van der Waals surface area contributed by atoms with Crippen molar-refractivity contribution < 1.29 is 9.53 Å². The number of thioether (sulfide) groups is 1. The first-order valence-corrected chi connectivity index (χ1v) is 11.4. The number of carbonyl (C=O) groups excluding carboxylic acids is 1. The van der Waals surface area contributed by atoms with Crippen molar-refractivity contribution in [2.24, 2.45) is 4.99 Å².